The molecule has 0 bridgehead atoms. The molecule has 11 N–H and O–H groups in total. The van der Waals surface area contributed by atoms with Crippen molar-refractivity contribution in [2.45, 2.75) is 165 Å². The molecule has 19 rings (SSSR count). The molecule has 0 radical (unpaired) electrons. The summed E-state index contributed by atoms with van der Waals surface area (Å²) in [5.74, 6) is 4.30. The van der Waals surface area contributed by atoms with Crippen molar-refractivity contribution in [2.75, 3.05) is 41.9 Å². The van der Waals surface area contributed by atoms with E-state index in [1.807, 2.05) is 158 Å². The number of fused-ring (bicyclic) bond motifs is 8. The van der Waals surface area contributed by atoms with Crippen molar-refractivity contribution in [3.8, 4) is 17.2 Å². The van der Waals surface area contributed by atoms with E-state index in [9.17, 15) is 34.7 Å². The fourth-order valence-electron chi connectivity index (χ4n) is 14.6. The molecule has 0 aliphatic rings. The summed E-state index contributed by atoms with van der Waals surface area (Å²) in [5.41, 5.74) is 28.9. The highest BCUT2D eigenvalue weighted by molar-refractivity contribution is 7.71. The number of benzene rings is 11. The normalized spacial score (nSPS) is 11.2. The van der Waals surface area contributed by atoms with Gasteiger partial charge in [-0.3, -0.25) is 35.7 Å². The predicted octanol–water partition coefficient (Wildman–Crippen LogP) is 27.3. The van der Waals surface area contributed by atoms with Gasteiger partial charge in [0.05, 0.1) is 61.4 Å². The number of oxazole rings is 5. The van der Waals surface area contributed by atoms with Crippen molar-refractivity contribution in [2.24, 2.45) is 21.1 Å². The largest absolute Gasteiger partial charge is 0.508 e. The number of carboxylic acids is 1. The number of nitrogens with one attached hydrogen (secondary N) is 5. The number of nitrogen functional groups attached to an aromatic ring is 1. The van der Waals surface area contributed by atoms with E-state index in [2.05, 4.69) is 176 Å². The highest BCUT2D eigenvalue weighted by Crippen LogP contribution is 2.36. The van der Waals surface area contributed by atoms with Gasteiger partial charge in [0.15, 0.2) is 39.4 Å². The first-order valence-corrected chi connectivity index (χ1v) is 47.2. The summed E-state index contributed by atoms with van der Waals surface area (Å²) in [6.45, 7) is 36.2. The van der Waals surface area contributed by atoms with E-state index in [1.165, 1.54) is 45.5 Å². The van der Waals surface area contributed by atoms with Gasteiger partial charge in [-0.15, -0.1) is 0 Å². The third-order valence-electron chi connectivity index (χ3n) is 23.3. The van der Waals surface area contributed by atoms with Crippen molar-refractivity contribution in [1.82, 2.24) is 58.9 Å². The number of phenols is 3. The van der Waals surface area contributed by atoms with Crippen LogP contribution in [-0.2, 0) is 25.9 Å². The first kappa shape index (κ1) is 105. The van der Waals surface area contributed by atoms with Gasteiger partial charge in [0.1, 0.15) is 33.6 Å². The number of ketones is 1. The maximum Gasteiger partial charge on any atom is 0.335 e. The lowest BCUT2D eigenvalue weighted by atomic mass is 10.0. The maximum atomic E-state index is 12.3. The van der Waals surface area contributed by atoms with E-state index in [1.54, 1.807) is 80.8 Å². The number of nitro benzene ring substituents is 1. The van der Waals surface area contributed by atoms with Crippen LogP contribution in [0.4, 0.5) is 47.3 Å². The van der Waals surface area contributed by atoms with Crippen molar-refractivity contribution >= 4 is 177 Å². The molecule has 11 aromatic carbocycles. The third-order valence-corrected chi connectivity index (χ3v) is 23.7. The summed E-state index contributed by atoms with van der Waals surface area (Å²) in [6, 6.07) is 64.2. The van der Waals surface area contributed by atoms with E-state index in [0.29, 0.717) is 134 Å². The minimum Gasteiger partial charge on any atom is -0.508 e. The van der Waals surface area contributed by atoms with E-state index in [-0.39, 0.29) is 45.7 Å². The average Bonchev–Trinajstić information content (AvgIpc) is 1.64. The van der Waals surface area contributed by atoms with Crippen LogP contribution in [0.1, 0.15) is 241 Å². The topological polar surface area (TPSA) is 445 Å². The number of halogens is 1. The van der Waals surface area contributed by atoms with E-state index < -0.39 is 10.9 Å². The number of methoxy groups -OCH3 is 1. The van der Waals surface area contributed by atoms with Gasteiger partial charge in [0, 0.05) is 52.0 Å². The lowest BCUT2D eigenvalue weighted by Gasteiger charge is -2.06. The Kier molecular flexibility index (Phi) is 34.7. The first-order valence-electron chi connectivity index (χ1n) is 46.4. The SMILES string of the molecule is CC(=O)c1ccc2c(c1)nc(Nc1nc3ccc(C(C)C)cc3o1)n2C.CC(C)c1ccc(N)c(O)c1.CC(C)c1ccc([N+](=O)[O-])c(O)c1.CC(C)c1ccc2[nH]c(=S)oc2c1.CC(C)c1ccc2nc(Cl)oc2c1.CC(C)c1ccc2nc(Nc3nc4cc(C(=O)O)ccc4n3C)oc2c1.CC(C)c1cccc(O)c1.COCCNC(=O)c1ccc2c(c1)nc(Nc1nc3ccc(C(C)C)cc3o1)n2C. The lowest BCUT2D eigenvalue weighted by Crippen LogP contribution is -2.26. The monoisotopic (exact) mass is 1960 g/mol. The van der Waals surface area contributed by atoms with Crippen LogP contribution in [0.2, 0.25) is 5.35 Å². The Morgan fingerprint density at radius 2 is 0.796 bits per heavy atom. The number of aromatic nitrogens is 11. The second kappa shape index (κ2) is 46.8. The second-order valence-electron chi connectivity index (χ2n) is 36.4. The van der Waals surface area contributed by atoms with Crippen molar-refractivity contribution in [1.29, 1.82) is 0 Å². The Morgan fingerprint density at radius 3 is 1.18 bits per heavy atom. The molecule has 32 nitrogen and oxygen atoms in total. The summed E-state index contributed by atoms with van der Waals surface area (Å²) in [4.78, 5) is 79.2. The van der Waals surface area contributed by atoms with Crippen LogP contribution in [0, 0.1) is 15.0 Å². The Bertz CT molecular complexity index is 7580. The molecular formula is C108H120ClN17O15S. The number of aromatic hydroxyl groups is 3. The number of nitrogens with two attached hydrogens (primary N) is 1. The molecule has 740 valence electrons. The molecule has 0 spiro atoms. The molecule has 0 aliphatic heterocycles. The van der Waals surface area contributed by atoms with Gasteiger partial charge in [-0.25, -0.2) is 19.7 Å². The van der Waals surface area contributed by atoms with Crippen LogP contribution in [0.15, 0.2) is 228 Å². The number of imidazole rings is 3. The van der Waals surface area contributed by atoms with Gasteiger partial charge in [-0.05, 0) is 268 Å². The predicted molar refractivity (Wildman–Crippen MR) is 564 cm³/mol. The van der Waals surface area contributed by atoms with E-state index in [0.717, 1.165) is 83.1 Å². The minimum atomic E-state index is -0.980. The van der Waals surface area contributed by atoms with Gasteiger partial charge < -0.3 is 77.0 Å². The first-order chi connectivity index (χ1) is 67.5. The Hall–Kier alpha value is -15.7. The Morgan fingerprint density at radius 1 is 0.437 bits per heavy atom. The highest BCUT2D eigenvalue weighted by Gasteiger charge is 2.22. The number of phenolic OH excluding ortho intramolecular Hbond substituents is 3. The number of hydrogen-bond donors (Lipinski definition) is 10. The number of nitrogens with zero attached hydrogens (tertiary/aromatic N) is 11. The Labute approximate surface area is 831 Å². The number of aryl methyl sites for hydroxylation is 3. The number of hydrogen-bond acceptors (Lipinski definition) is 26. The zero-order chi connectivity index (χ0) is 103. The minimum absolute atomic E-state index is 0.0203. The lowest BCUT2D eigenvalue weighted by molar-refractivity contribution is -0.385. The van der Waals surface area contributed by atoms with Gasteiger partial charge in [0.25, 0.3) is 16.1 Å². The van der Waals surface area contributed by atoms with E-state index >= 15 is 0 Å². The number of anilines is 7. The van der Waals surface area contributed by atoms with Crippen LogP contribution in [0.3, 0.4) is 0 Å². The molecule has 0 atom stereocenters. The molecule has 0 saturated heterocycles. The Balaban J connectivity index is 0.000000150. The summed E-state index contributed by atoms with van der Waals surface area (Å²) in [7, 11) is 7.25. The third kappa shape index (κ3) is 26.8. The van der Waals surface area contributed by atoms with Gasteiger partial charge in [-0.2, -0.15) is 19.9 Å². The zero-order valence-corrected chi connectivity index (χ0v) is 84.8. The molecule has 19 aromatic rings. The van der Waals surface area contributed by atoms with Gasteiger partial charge >= 0.3 is 29.7 Å². The summed E-state index contributed by atoms with van der Waals surface area (Å²) in [6.07, 6.45) is 0. The molecule has 0 saturated carbocycles. The number of aromatic amines is 1. The molecule has 0 unspecified atom stereocenters. The summed E-state index contributed by atoms with van der Waals surface area (Å²) >= 11 is 10.5. The number of carbonyl (C=O) groups excluding carboxylic acids is 2. The molecule has 34 heteroatoms. The van der Waals surface area contributed by atoms with Crippen molar-refractivity contribution < 1.29 is 66.6 Å². The summed E-state index contributed by atoms with van der Waals surface area (Å²) < 4.78 is 38.7. The number of nitro groups is 1. The van der Waals surface area contributed by atoms with Crippen molar-refractivity contribution in [3.63, 3.8) is 0 Å². The number of aromatic carboxylic acids is 1. The molecule has 142 heavy (non-hydrogen) atoms. The fourth-order valence-corrected chi connectivity index (χ4v) is 15.0. The highest BCUT2D eigenvalue weighted by atomic mass is 35.5. The van der Waals surface area contributed by atoms with E-state index in [4.69, 9.17) is 66.6 Å². The van der Waals surface area contributed by atoms with Crippen LogP contribution < -0.4 is 27.0 Å². The zero-order valence-electron chi connectivity index (χ0n) is 83.2. The number of Topliss-reactive ketones (excluding diaryl/α,β-unsaturated/α-hetero) is 1. The number of ether oxygens (including phenoxy) is 1. The molecule has 1 amide bonds. The molecular weight excluding hydrogens is 1840 g/mol. The van der Waals surface area contributed by atoms with Gasteiger partial charge in [0.2, 0.25) is 17.8 Å². The molecule has 8 aromatic heterocycles. The van der Waals surface area contributed by atoms with Crippen LogP contribution in [0.25, 0.3) is 88.6 Å². The fraction of sp³-hybridized carbons (Fsp3) is 0.287. The number of amides is 1. The number of H-pyrrole nitrogens is 1. The van der Waals surface area contributed by atoms with Gasteiger partial charge in [-0.1, -0.05) is 165 Å². The summed E-state index contributed by atoms with van der Waals surface area (Å²) in [5, 5.41) is 59.4. The number of rotatable bonds is 21. The average molecular weight is 1960 g/mol. The van der Waals surface area contributed by atoms with Crippen LogP contribution >= 0.6 is 23.8 Å². The number of carboxylic acid groups (broad SMARTS) is 1. The van der Waals surface area contributed by atoms with Crippen molar-refractivity contribution in [3.05, 3.63) is 288 Å². The molecule has 0 aliphatic carbocycles. The molecule has 0 fully saturated rings. The standard InChI is InChI=1S/C22H25N5O3.C20H20N4O2.C19H18N4O3.C10H10ClNO.C10H11NOS.C9H11NO3.C9H13NO.C9H12O/c1-13(2)14-5-7-16-19(12-14)30-22(25-16)26-21-24-17-11-15(6-8-18(17)27(21)3)20(28)23-9-10-29-4;1-11(2)13-5-7-15-18(10-13)26-20(22-15)23-19-21-16-9-14(12(3)25)6-8-17(16)24(19)4;1-10(2)11-4-6-13-16(9-11)26-19(21-13)22-18-20-14-8-12(17(24)25)5-7-15(14)23(18)3;1-6(2)7-3-4-8-9(5-7)13-10(11)12-8;1-6(2)7-3-4-8-9(5-7)12-10(13)11-8;1-6(2)7-3-4-8(10(12)13)9(11)5-7;1-6(2)7-3-4-8(10)9(11)5-7;1-7(2)8-4-3-5-9(10)6-8/h5-8,11-13H,9-10H2,1-4H3,(H,23,28)(H,24,25,26);5-11H,1-4H3,(H,21,22,23);4-10H,1-3H3,(H,24,25)(H,20,21,22);3-6H,1-2H3;3-6H,1-2H3,(H,11,13);3-6,11H,1-2H3;3-6,11H,10H2,1-2H3;3-7,10H,1-2H3. The van der Waals surface area contributed by atoms with Crippen LogP contribution in [0.5, 0.6) is 17.2 Å². The maximum absolute atomic E-state index is 12.3. The number of carbonyl (C=O) groups is 3. The smallest absolute Gasteiger partial charge is 0.335 e. The second-order valence-corrected chi connectivity index (χ2v) is 37.1. The quantitative estimate of drug-likeness (QED) is 0.00607. The van der Waals surface area contributed by atoms with Crippen LogP contribution in [-0.4, -0.2) is 117 Å². The molecule has 8 heterocycles.